The minimum atomic E-state index is -5.17. The van der Waals surface area contributed by atoms with Crippen LogP contribution in [0.1, 0.15) is 39.3 Å². The van der Waals surface area contributed by atoms with Gasteiger partial charge in [0.05, 0.1) is 26.4 Å². The number of rotatable bonds is 8. The van der Waals surface area contributed by atoms with Gasteiger partial charge < -0.3 is 24.3 Å². The molecule has 0 saturated heterocycles. The summed E-state index contributed by atoms with van der Waals surface area (Å²) < 4.78 is 59.2. The first-order valence-corrected chi connectivity index (χ1v) is 8.41. The molecule has 0 aliphatic heterocycles. The third-order valence-electron chi connectivity index (χ3n) is 3.28. The quantitative estimate of drug-likeness (QED) is 0.667. The van der Waals surface area contributed by atoms with E-state index in [1.54, 1.807) is 33.0 Å². The Morgan fingerprint density at radius 3 is 1.75 bits per heavy atom. The molecule has 0 radical (unpaired) electrons. The van der Waals surface area contributed by atoms with Gasteiger partial charge in [-0.1, -0.05) is 0 Å². The molecule has 0 fully saturated rings. The van der Waals surface area contributed by atoms with Gasteiger partial charge in [0.25, 0.3) is 0 Å². The van der Waals surface area contributed by atoms with Crippen LogP contribution in [0.2, 0.25) is 0 Å². The number of nitrogens with one attached hydrogen (secondary N) is 1. The fourth-order valence-electron chi connectivity index (χ4n) is 2.26. The average molecular weight is 407 g/mol. The van der Waals surface area contributed by atoms with Crippen LogP contribution >= 0.6 is 0 Å². The molecule has 1 atom stereocenters. The topological polar surface area (TPSA) is 83.1 Å². The first kappa shape index (κ1) is 23.4. The zero-order valence-electron chi connectivity index (χ0n) is 16.5. The number of amides is 1. The summed E-state index contributed by atoms with van der Waals surface area (Å²) in [5, 5.41) is 1.63. The molecular weight excluding hydrogens is 383 g/mol. The number of benzene rings is 1. The lowest BCUT2D eigenvalue weighted by Gasteiger charge is -2.23. The molecule has 10 heteroatoms. The maximum Gasteiger partial charge on any atom is 0.471 e. The molecule has 28 heavy (non-hydrogen) atoms. The molecule has 1 aromatic rings. The second-order valence-electron chi connectivity index (χ2n) is 6.31. The fourth-order valence-corrected chi connectivity index (χ4v) is 2.26. The van der Waals surface area contributed by atoms with E-state index in [1.165, 1.54) is 19.2 Å². The third kappa shape index (κ3) is 6.21. The molecule has 158 valence electrons. The number of esters is 1. The molecule has 0 saturated carbocycles. The lowest BCUT2D eigenvalue weighted by Crippen LogP contribution is -2.42. The minimum absolute atomic E-state index is 0.0171. The van der Waals surface area contributed by atoms with Crippen LogP contribution in [0, 0.1) is 0 Å². The molecule has 0 aromatic heterocycles. The Bertz CT molecular complexity index is 672. The lowest BCUT2D eigenvalue weighted by molar-refractivity contribution is -0.175. The Kier molecular flexibility index (Phi) is 7.95. The van der Waals surface area contributed by atoms with E-state index in [2.05, 4.69) is 4.74 Å². The van der Waals surface area contributed by atoms with E-state index >= 15 is 0 Å². The molecule has 7 nitrogen and oxygen atoms in total. The van der Waals surface area contributed by atoms with Gasteiger partial charge in [0.2, 0.25) is 5.75 Å². The molecular formula is C18H24F3NO6. The van der Waals surface area contributed by atoms with E-state index in [-0.39, 0.29) is 35.0 Å². The van der Waals surface area contributed by atoms with Crippen molar-refractivity contribution in [2.24, 2.45) is 0 Å². The van der Waals surface area contributed by atoms with Crippen molar-refractivity contribution in [3.63, 3.8) is 0 Å². The van der Waals surface area contributed by atoms with Crippen molar-refractivity contribution in [1.82, 2.24) is 5.32 Å². The number of hydrogen-bond donors (Lipinski definition) is 1. The summed E-state index contributed by atoms with van der Waals surface area (Å²) in [5.41, 5.74) is -0.0171. The smallest absolute Gasteiger partial charge is 0.471 e. The van der Waals surface area contributed by atoms with Gasteiger partial charge >= 0.3 is 18.1 Å². The Morgan fingerprint density at radius 1 is 0.964 bits per heavy atom. The summed E-state index contributed by atoms with van der Waals surface area (Å²) in [7, 11) is 2.37. The maximum atomic E-state index is 12.7. The highest BCUT2D eigenvalue weighted by Gasteiger charge is 2.41. The van der Waals surface area contributed by atoms with Crippen LogP contribution in [0.25, 0.3) is 0 Å². The van der Waals surface area contributed by atoms with Crippen LogP contribution in [-0.2, 0) is 14.3 Å². The van der Waals surface area contributed by atoms with E-state index in [4.69, 9.17) is 14.2 Å². The molecule has 0 bridgehead atoms. The van der Waals surface area contributed by atoms with Crippen molar-refractivity contribution < 1.29 is 41.7 Å². The van der Waals surface area contributed by atoms with Crippen LogP contribution < -0.4 is 19.5 Å². The highest BCUT2D eigenvalue weighted by molar-refractivity contribution is 5.88. The van der Waals surface area contributed by atoms with Crippen LogP contribution in [0.4, 0.5) is 13.2 Å². The Hall–Kier alpha value is -2.65. The number of methoxy groups -OCH3 is 2. The normalized spacial score (nSPS) is 12.5. The van der Waals surface area contributed by atoms with E-state index in [9.17, 15) is 22.8 Å². The largest absolute Gasteiger partial charge is 0.490 e. The summed E-state index contributed by atoms with van der Waals surface area (Å²) in [6.45, 7) is 6.94. The van der Waals surface area contributed by atoms with Gasteiger partial charge in [0.1, 0.15) is 0 Å². The predicted molar refractivity (Wildman–Crippen MR) is 93.5 cm³/mol. The number of alkyl halides is 3. The van der Waals surface area contributed by atoms with Crippen molar-refractivity contribution in [1.29, 1.82) is 0 Å². The van der Waals surface area contributed by atoms with Gasteiger partial charge in [0.15, 0.2) is 17.5 Å². The summed E-state index contributed by atoms with van der Waals surface area (Å²) in [6, 6.07) is 0.864. The van der Waals surface area contributed by atoms with Crippen LogP contribution in [0.5, 0.6) is 17.2 Å². The van der Waals surface area contributed by atoms with Gasteiger partial charge in [-0.3, -0.25) is 4.79 Å². The zero-order chi connectivity index (χ0) is 21.6. The highest BCUT2D eigenvalue weighted by atomic mass is 19.4. The predicted octanol–water partition coefficient (Wildman–Crippen LogP) is 3.16. The molecule has 0 aliphatic rings. The molecule has 0 unspecified atom stereocenters. The summed E-state index contributed by atoms with van der Waals surface area (Å²) in [5.74, 6) is -2.89. The Balaban J connectivity index is 3.53. The second kappa shape index (κ2) is 9.52. The van der Waals surface area contributed by atoms with Crippen LogP contribution in [0.15, 0.2) is 12.1 Å². The molecule has 0 heterocycles. The average Bonchev–Trinajstić information content (AvgIpc) is 2.56. The van der Waals surface area contributed by atoms with E-state index in [0.717, 1.165) is 7.11 Å². The van der Waals surface area contributed by atoms with Gasteiger partial charge in [-0.15, -0.1) is 0 Å². The number of carbonyl (C=O) groups is 2. The van der Waals surface area contributed by atoms with Crippen molar-refractivity contribution >= 4 is 11.9 Å². The summed E-state index contributed by atoms with van der Waals surface area (Å²) in [6.07, 6.45) is -5.79. The van der Waals surface area contributed by atoms with Crippen molar-refractivity contribution in [2.75, 3.05) is 14.2 Å². The summed E-state index contributed by atoms with van der Waals surface area (Å²) in [4.78, 5) is 23.5. The van der Waals surface area contributed by atoms with Crippen molar-refractivity contribution in [3.05, 3.63) is 17.7 Å². The Labute approximate surface area is 161 Å². The Morgan fingerprint density at radius 2 is 1.43 bits per heavy atom. The fraction of sp³-hybridized carbons (Fsp3) is 0.556. The van der Waals surface area contributed by atoms with Crippen LogP contribution in [0.3, 0.4) is 0 Å². The number of ether oxygens (including phenoxy) is 4. The van der Waals surface area contributed by atoms with Gasteiger partial charge in [-0.2, -0.15) is 13.2 Å². The highest BCUT2D eigenvalue weighted by Crippen LogP contribution is 2.41. The maximum absolute atomic E-state index is 12.7. The summed E-state index contributed by atoms with van der Waals surface area (Å²) >= 11 is 0. The number of halogens is 3. The molecule has 1 aromatic carbocycles. The van der Waals surface area contributed by atoms with E-state index in [0.29, 0.717) is 0 Å². The third-order valence-corrected chi connectivity index (χ3v) is 3.28. The van der Waals surface area contributed by atoms with Gasteiger partial charge in [-0.05, 0) is 45.4 Å². The standard InChI is InChI=1S/C18H24F3NO6/c1-9(2)27-12-7-11(8-13(15(12)25-5)28-10(3)4)14(16(23)26-6)22-17(24)18(19,20)21/h7-10,14H,1-6H3,(H,22,24)/t14-/m1/s1. The van der Waals surface area contributed by atoms with Crippen molar-refractivity contribution in [2.45, 2.75) is 52.1 Å². The van der Waals surface area contributed by atoms with E-state index in [1.807, 2.05) is 0 Å². The number of hydrogen-bond acceptors (Lipinski definition) is 6. The monoisotopic (exact) mass is 407 g/mol. The molecule has 1 amide bonds. The zero-order valence-corrected chi connectivity index (χ0v) is 16.5. The van der Waals surface area contributed by atoms with E-state index < -0.39 is 24.1 Å². The van der Waals surface area contributed by atoms with Crippen LogP contribution in [-0.4, -0.2) is 44.5 Å². The molecule has 1 N–H and O–H groups in total. The van der Waals surface area contributed by atoms with Gasteiger partial charge in [-0.25, -0.2) is 4.79 Å². The minimum Gasteiger partial charge on any atom is -0.490 e. The first-order valence-electron chi connectivity index (χ1n) is 8.41. The molecule has 0 spiro atoms. The van der Waals surface area contributed by atoms with Gasteiger partial charge in [0, 0.05) is 0 Å². The first-order chi connectivity index (χ1) is 12.9. The second-order valence-corrected chi connectivity index (χ2v) is 6.31. The SMILES string of the molecule is COC(=O)[C@H](NC(=O)C(F)(F)F)c1cc(OC(C)C)c(OC)c(OC(C)C)c1. The van der Waals surface area contributed by atoms with Crippen molar-refractivity contribution in [3.8, 4) is 17.2 Å². The lowest BCUT2D eigenvalue weighted by atomic mass is 10.0. The molecule has 1 rings (SSSR count). The molecule has 0 aliphatic carbocycles. The number of carbonyl (C=O) groups excluding carboxylic acids is 2.